The second-order valence-electron chi connectivity index (χ2n) is 7.35. The van der Waals surface area contributed by atoms with Gasteiger partial charge in [-0.3, -0.25) is 9.59 Å². The Bertz CT molecular complexity index is 685. The van der Waals surface area contributed by atoms with Crippen molar-refractivity contribution < 1.29 is 19.5 Å². The van der Waals surface area contributed by atoms with E-state index in [0.29, 0.717) is 31.6 Å². The number of aliphatic carboxylic acids is 1. The fourth-order valence-corrected chi connectivity index (χ4v) is 3.64. The van der Waals surface area contributed by atoms with E-state index in [9.17, 15) is 19.5 Å². The maximum atomic E-state index is 12.5. The van der Waals surface area contributed by atoms with Crippen molar-refractivity contribution in [2.75, 3.05) is 18.4 Å². The summed E-state index contributed by atoms with van der Waals surface area (Å²) in [5, 5.41) is 15.0. The molecule has 1 aromatic rings. The van der Waals surface area contributed by atoms with E-state index >= 15 is 0 Å². The van der Waals surface area contributed by atoms with Crippen LogP contribution in [0.4, 0.5) is 10.5 Å². The van der Waals surface area contributed by atoms with Crippen LogP contribution in [0.25, 0.3) is 0 Å². The molecule has 0 heterocycles. The first-order valence-electron chi connectivity index (χ1n) is 10.0. The van der Waals surface area contributed by atoms with Crippen molar-refractivity contribution in [3.63, 3.8) is 0 Å². The van der Waals surface area contributed by atoms with Gasteiger partial charge in [0.25, 0.3) is 0 Å². The van der Waals surface area contributed by atoms with Crippen LogP contribution in [0.3, 0.4) is 0 Å². The molecule has 7 heteroatoms. The van der Waals surface area contributed by atoms with Gasteiger partial charge in [-0.05, 0) is 57.7 Å². The second-order valence-corrected chi connectivity index (χ2v) is 7.35. The standard InChI is InChI=1S/C21H31N3O4/c1-4-24(5-2)21(28)23-18-11-9-15(10-12-18)14(3)22-19(25)16-7-6-8-17(13-16)20(26)27/h9-12,14,16-17H,4-8,13H2,1-3H3,(H,22,25)(H,23,28)(H,26,27). The lowest BCUT2D eigenvalue weighted by Crippen LogP contribution is -2.36. The van der Waals surface area contributed by atoms with Crippen LogP contribution in [-0.2, 0) is 9.59 Å². The highest BCUT2D eigenvalue weighted by molar-refractivity contribution is 5.89. The van der Waals surface area contributed by atoms with Crippen LogP contribution < -0.4 is 10.6 Å². The summed E-state index contributed by atoms with van der Waals surface area (Å²) in [6.07, 6.45) is 2.56. The molecule has 1 fully saturated rings. The Morgan fingerprint density at radius 1 is 1.11 bits per heavy atom. The van der Waals surface area contributed by atoms with Crippen molar-refractivity contribution in [1.29, 1.82) is 0 Å². The lowest BCUT2D eigenvalue weighted by Gasteiger charge is -2.27. The van der Waals surface area contributed by atoms with Gasteiger partial charge in [-0.25, -0.2) is 4.79 Å². The Balaban J connectivity index is 1.91. The molecule has 1 aliphatic rings. The molecule has 0 aliphatic heterocycles. The number of nitrogens with zero attached hydrogens (tertiary/aromatic N) is 1. The van der Waals surface area contributed by atoms with Crippen molar-refractivity contribution in [2.24, 2.45) is 11.8 Å². The lowest BCUT2D eigenvalue weighted by molar-refractivity contribution is -0.144. The molecular formula is C21H31N3O4. The number of amides is 3. The highest BCUT2D eigenvalue weighted by Crippen LogP contribution is 2.30. The molecule has 154 valence electrons. The minimum atomic E-state index is -0.812. The van der Waals surface area contributed by atoms with Gasteiger partial charge in [0, 0.05) is 24.7 Å². The van der Waals surface area contributed by atoms with Gasteiger partial charge in [-0.15, -0.1) is 0 Å². The molecule has 0 saturated heterocycles. The van der Waals surface area contributed by atoms with Crippen molar-refractivity contribution >= 4 is 23.6 Å². The highest BCUT2D eigenvalue weighted by atomic mass is 16.4. The number of rotatable bonds is 7. The van der Waals surface area contributed by atoms with Gasteiger partial charge in [-0.1, -0.05) is 18.6 Å². The Morgan fingerprint density at radius 3 is 2.29 bits per heavy atom. The number of carbonyl (C=O) groups excluding carboxylic acids is 2. The summed E-state index contributed by atoms with van der Waals surface area (Å²) in [4.78, 5) is 37.5. The Labute approximate surface area is 166 Å². The average molecular weight is 389 g/mol. The fourth-order valence-electron chi connectivity index (χ4n) is 3.64. The highest BCUT2D eigenvalue weighted by Gasteiger charge is 2.31. The van der Waals surface area contributed by atoms with Crippen LogP contribution >= 0.6 is 0 Å². The third-order valence-corrected chi connectivity index (χ3v) is 5.47. The van der Waals surface area contributed by atoms with Crippen LogP contribution in [0.5, 0.6) is 0 Å². The summed E-state index contributed by atoms with van der Waals surface area (Å²) in [6.45, 7) is 7.06. The number of carboxylic acid groups (broad SMARTS) is 1. The van der Waals surface area contributed by atoms with Gasteiger partial charge in [0.1, 0.15) is 0 Å². The molecule has 0 radical (unpaired) electrons. The molecule has 28 heavy (non-hydrogen) atoms. The molecule has 3 N–H and O–H groups in total. The van der Waals surface area contributed by atoms with E-state index in [-0.39, 0.29) is 23.9 Å². The third kappa shape index (κ3) is 5.71. The molecule has 0 aromatic heterocycles. The molecule has 1 aliphatic carbocycles. The Morgan fingerprint density at radius 2 is 1.71 bits per heavy atom. The monoisotopic (exact) mass is 389 g/mol. The zero-order valence-electron chi connectivity index (χ0n) is 16.9. The predicted octanol–water partition coefficient (Wildman–Crippen LogP) is 3.63. The van der Waals surface area contributed by atoms with E-state index in [1.54, 1.807) is 4.90 Å². The van der Waals surface area contributed by atoms with E-state index in [1.165, 1.54) is 0 Å². The van der Waals surface area contributed by atoms with Gasteiger partial charge >= 0.3 is 12.0 Å². The van der Waals surface area contributed by atoms with Gasteiger partial charge in [0.05, 0.1) is 12.0 Å². The summed E-state index contributed by atoms with van der Waals surface area (Å²) < 4.78 is 0. The lowest BCUT2D eigenvalue weighted by atomic mass is 9.81. The largest absolute Gasteiger partial charge is 0.481 e. The number of urea groups is 1. The minimum Gasteiger partial charge on any atom is -0.481 e. The number of benzene rings is 1. The Kier molecular flexibility index (Phi) is 7.84. The second kappa shape index (κ2) is 10.1. The summed E-state index contributed by atoms with van der Waals surface area (Å²) in [7, 11) is 0. The first-order valence-corrected chi connectivity index (χ1v) is 10.0. The summed E-state index contributed by atoms with van der Waals surface area (Å²) in [5.74, 6) is -1.57. The topological polar surface area (TPSA) is 98.7 Å². The van der Waals surface area contributed by atoms with Crippen LogP contribution in [0.2, 0.25) is 0 Å². The number of carboxylic acids is 1. The molecule has 1 saturated carbocycles. The fraction of sp³-hybridized carbons (Fsp3) is 0.571. The molecular weight excluding hydrogens is 358 g/mol. The molecule has 0 bridgehead atoms. The van der Waals surface area contributed by atoms with E-state index in [2.05, 4.69) is 10.6 Å². The van der Waals surface area contributed by atoms with Crippen LogP contribution in [0.15, 0.2) is 24.3 Å². The molecule has 7 nitrogen and oxygen atoms in total. The van der Waals surface area contributed by atoms with Gasteiger partial charge in [0.15, 0.2) is 0 Å². The molecule has 3 amide bonds. The summed E-state index contributed by atoms with van der Waals surface area (Å²) in [6, 6.07) is 7.07. The van der Waals surface area contributed by atoms with E-state index in [1.807, 2.05) is 45.0 Å². The van der Waals surface area contributed by atoms with Gasteiger partial charge < -0.3 is 20.6 Å². The van der Waals surface area contributed by atoms with Crippen LogP contribution in [-0.4, -0.2) is 41.0 Å². The van der Waals surface area contributed by atoms with Gasteiger partial charge in [-0.2, -0.15) is 0 Å². The quantitative estimate of drug-likeness (QED) is 0.663. The third-order valence-electron chi connectivity index (χ3n) is 5.47. The molecule has 1 aromatic carbocycles. The molecule has 3 unspecified atom stereocenters. The zero-order valence-corrected chi connectivity index (χ0v) is 16.9. The average Bonchev–Trinajstić information content (AvgIpc) is 2.69. The van der Waals surface area contributed by atoms with Crippen LogP contribution in [0, 0.1) is 11.8 Å². The summed E-state index contributed by atoms with van der Waals surface area (Å²) in [5.41, 5.74) is 1.63. The van der Waals surface area contributed by atoms with Gasteiger partial charge in [0.2, 0.25) is 5.91 Å². The van der Waals surface area contributed by atoms with Crippen LogP contribution in [0.1, 0.15) is 58.1 Å². The Hall–Kier alpha value is -2.57. The van der Waals surface area contributed by atoms with Crippen molar-refractivity contribution in [3.05, 3.63) is 29.8 Å². The van der Waals surface area contributed by atoms with E-state index < -0.39 is 11.9 Å². The number of anilines is 1. The molecule has 0 spiro atoms. The number of nitrogens with one attached hydrogen (secondary N) is 2. The smallest absolute Gasteiger partial charge is 0.321 e. The number of hydrogen-bond donors (Lipinski definition) is 3. The molecule has 3 atom stereocenters. The van der Waals surface area contributed by atoms with E-state index in [4.69, 9.17) is 0 Å². The van der Waals surface area contributed by atoms with E-state index in [0.717, 1.165) is 18.4 Å². The van der Waals surface area contributed by atoms with Crippen molar-refractivity contribution in [3.8, 4) is 0 Å². The summed E-state index contributed by atoms with van der Waals surface area (Å²) >= 11 is 0. The number of carbonyl (C=O) groups is 3. The van der Waals surface area contributed by atoms with Crippen molar-refractivity contribution in [2.45, 2.75) is 52.5 Å². The predicted molar refractivity (Wildman–Crippen MR) is 108 cm³/mol. The normalized spacial score (nSPS) is 20.1. The minimum absolute atomic E-state index is 0.0858. The maximum absolute atomic E-state index is 12.5. The molecule has 2 rings (SSSR count). The number of hydrogen-bond acceptors (Lipinski definition) is 3. The first-order chi connectivity index (χ1) is 13.3. The SMILES string of the molecule is CCN(CC)C(=O)Nc1ccc(C(C)NC(=O)C2CCCC(C(=O)O)C2)cc1. The maximum Gasteiger partial charge on any atom is 0.321 e. The first kappa shape index (κ1) is 21.7. The zero-order chi connectivity index (χ0) is 20.7. The van der Waals surface area contributed by atoms with Crippen molar-refractivity contribution in [1.82, 2.24) is 10.2 Å².